The quantitative estimate of drug-likeness (QED) is 0.0985. The first-order chi connectivity index (χ1) is 27.9. The molecule has 0 atom stereocenters. The Balaban J connectivity index is 0.00000341. The fourth-order valence-corrected chi connectivity index (χ4v) is 9.78. The van der Waals surface area contributed by atoms with Crippen molar-refractivity contribution in [2.75, 3.05) is 35.2 Å². The zero-order valence-corrected chi connectivity index (χ0v) is 33.3. The molecule has 15 heteroatoms. The van der Waals surface area contributed by atoms with Gasteiger partial charge in [-0.15, -0.1) is 0 Å². The van der Waals surface area contributed by atoms with E-state index in [1.54, 1.807) is 36.4 Å². The Kier molecular flexibility index (Phi) is 18.2. The summed E-state index contributed by atoms with van der Waals surface area (Å²) in [5.74, 6) is -2.98. The number of aliphatic carboxylic acids is 1. The molecule has 1 aliphatic heterocycles. The van der Waals surface area contributed by atoms with Crippen LogP contribution in [0.4, 0.5) is 17.1 Å². The van der Waals surface area contributed by atoms with Gasteiger partial charge < -0.3 is 25.7 Å². The Morgan fingerprint density at radius 1 is 0.683 bits per heavy atom. The van der Waals surface area contributed by atoms with Crippen molar-refractivity contribution in [3.63, 3.8) is 0 Å². The van der Waals surface area contributed by atoms with E-state index in [1.807, 2.05) is 42.5 Å². The molecule has 4 aromatic carbocycles. The minimum absolute atomic E-state index is 0. The van der Waals surface area contributed by atoms with E-state index < -0.39 is 39.7 Å². The van der Waals surface area contributed by atoms with Gasteiger partial charge in [-0.2, -0.15) is 4.31 Å². The van der Waals surface area contributed by atoms with Crippen LogP contribution in [0.1, 0.15) is 100.0 Å². The van der Waals surface area contributed by atoms with Crippen LogP contribution < -0.4 is 15.5 Å². The fourth-order valence-electron chi connectivity index (χ4n) is 7.97. The van der Waals surface area contributed by atoms with Gasteiger partial charge in [-0.3, -0.25) is 14.4 Å². The van der Waals surface area contributed by atoms with Crippen LogP contribution in [0.5, 0.6) is 0 Å². The van der Waals surface area contributed by atoms with Gasteiger partial charge in [0.15, 0.2) is 0 Å². The van der Waals surface area contributed by atoms with E-state index in [0.29, 0.717) is 37.9 Å². The number of hydrogen-bond acceptors (Lipinski definition) is 7. The molecule has 0 aromatic heterocycles. The van der Waals surface area contributed by atoms with Crippen LogP contribution in [-0.2, 0) is 27.7 Å². The molecule has 3 aliphatic rings. The number of carbonyl (C=O) groups is 4. The predicted octanol–water partition coefficient (Wildman–Crippen LogP) is 6.41. The number of aromatic carboxylic acids is 1. The van der Waals surface area contributed by atoms with Gasteiger partial charge in [0.05, 0.1) is 27.6 Å². The summed E-state index contributed by atoms with van der Waals surface area (Å²) in [4.78, 5) is 52.8. The van der Waals surface area contributed by atoms with Crippen LogP contribution in [0.25, 0.3) is 0 Å². The molecule has 0 unspecified atom stereocenters. The number of nitrogens with zero attached hydrogens (tertiary/aromatic N) is 2. The van der Waals surface area contributed by atoms with Crippen LogP contribution in [0.15, 0.2) is 95.9 Å². The van der Waals surface area contributed by atoms with Gasteiger partial charge in [-0.25, -0.2) is 13.2 Å². The van der Waals surface area contributed by atoms with E-state index in [0.717, 1.165) is 74.8 Å². The van der Waals surface area contributed by atoms with Gasteiger partial charge in [0.1, 0.15) is 0 Å². The Morgan fingerprint density at radius 2 is 1.32 bits per heavy atom. The van der Waals surface area contributed by atoms with E-state index in [4.69, 9.17) is 5.11 Å². The number of amides is 2. The number of anilines is 3. The molecule has 2 amide bonds. The first kappa shape index (κ1) is 48.8. The van der Waals surface area contributed by atoms with Crippen LogP contribution in [-0.4, -0.2) is 175 Å². The number of aryl methyl sites for hydroxylation is 2. The van der Waals surface area contributed by atoms with Crippen molar-refractivity contribution in [1.82, 2.24) is 4.31 Å². The molecule has 4 N–H and O–H groups in total. The average molecular weight is 887 g/mol. The van der Waals surface area contributed by atoms with Gasteiger partial charge >= 0.3 is 115 Å². The Bertz CT molecular complexity index is 2260. The predicted molar refractivity (Wildman–Crippen MR) is 236 cm³/mol. The van der Waals surface area contributed by atoms with E-state index in [-0.39, 0.29) is 142 Å². The SMILES string of the molecule is O=C(O)c1ccc(CCc2ccc(NC(=O)c3cc(N4CCCCC4)ccc3NC(=O)c3cccc(S(=O)(=O)N(CC4CC4)C4CCC(C(=O)O)CC4)c3)cc2)cc1.[KH].[KH]. The third kappa shape index (κ3) is 12.7. The van der Waals surface area contributed by atoms with E-state index in [9.17, 15) is 32.7 Å². The second kappa shape index (κ2) is 22.4. The summed E-state index contributed by atoms with van der Waals surface area (Å²) in [6.45, 7) is 2.09. The maximum absolute atomic E-state index is 14.2. The summed E-state index contributed by atoms with van der Waals surface area (Å²) >= 11 is 0. The normalized spacial score (nSPS) is 17.8. The number of piperidine rings is 1. The summed E-state index contributed by atoms with van der Waals surface area (Å²) in [6, 6.07) is 25.4. The van der Waals surface area contributed by atoms with E-state index in [1.165, 1.54) is 16.4 Å². The van der Waals surface area contributed by atoms with E-state index in [2.05, 4.69) is 15.5 Å². The van der Waals surface area contributed by atoms with Gasteiger partial charge in [0.25, 0.3) is 11.8 Å². The molecule has 2 saturated carbocycles. The molecule has 0 spiro atoms. The number of carbonyl (C=O) groups excluding carboxylic acids is 2. The van der Waals surface area contributed by atoms with Gasteiger partial charge in [0.2, 0.25) is 10.0 Å². The molecule has 12 nitrogen and oxygen atoms in total. The van der Waals surface area contributed by atoms with Crippen LogP contribution in [0.3, 0.4) is 0 Å². The third-order valence-electron chi connectivity index (χ3n) is 11.6. The van der Waals surface area contributed by atoms with Crippen molar-refractivity contribution >= 4 is 154 Å². The maximum atomic E-state index is 14.2. The van der Waals surface area contributed by atoms with E-state index >= 15 is 0 Å². The number of nitrogens with one attached hydrogen (secondary N) is 2. The van der Waals surface area contributed by atoms with Crippen molar-refractivity contribution in [2.24, 2.45) is 11.8 Å². The molecule has 3 fully saturated rings. The standard InChI is InChI=1S/C45H50N4O8S.2K.2H/c50-42(35-5-4-6-39(27-35)58(56,57)49(29-32-9-10-32)37-21-17-34(18-22-37)45(54)55)47-41-24-23-38(48-25-2-1-3-26-48)28-40(41)43(51)46-36-19-13-31(14-20-36)8-7-30-11-15-33(16-12-30)44(52)53;;;;/h4-6,11-16,19-20,23-24,27-28,32,34,37H,1-3,7-10,17-18,21-22,25-26,29H2,(H,46,51)(H,47,50)(H,52,53)(H,54,55);;;;. The first-order valence-electron chi connectivity index (χ1n) is 20.2. The number of rotatable bonds is 15. The second-order valence-corrected chi connectivity index (χ2v) is 17.7. The molecular formula is C45H52K2N4O8S. The van der Waals surface area contributed by atoms with Crippen LogP contribution >= 0.6 is 0 Å². The summed E-state index contributed by atoms with van der Waals surface area (Å²) in [7, 11) is -4.01. The average Bonchev–Trinajstić information content (AvgIpc) is 4.07. The fraction of sp³-hybridized carbons (Fsp3) is 0.378. The molecule has 7 rings (SSSR count). The zero-order valence-electron chi connectivity index (χ0n) is 32.4. The van der Waals surface area contributed by atoms with Crippen LogP contribution in [0, 0.1) is 11.8 Å². The molecule has 0 radical (unpaired) electrons. The summed E-state index contributed by atoms with van der Waals surface area (Å²) in [5.41, 5.74) is 4.43. The molecule has 2 aliphatic carbocycles. The van der Waals surface area contributed by atoms with Crippen molar-refractivity contribution < 1.29 is 37.8 Å². The third-order valence-corrected chi connectivity index (χ3v) is 13.5. The molecule has 1 heterocycles. The van der Waals surface area contributed by atoms with Crippen LogP contribution in [0.2, 0.25) is 0 Å². The van der Waals surface area contributed by atoms with Crippen molar-refractivity contribution in [3.05, 3.63) is 119 Å². The Hall–Kier alpha value is -2.26. The minimum atomic E-state index is -4.01. The summed E-state index contributed by atoms with van der Waals surface area (Å²) in [6.07, 6.45) is 8.36. The van der Waals surface area contributed by atoms with Gasteiger partial charge in [-0.05, 0) is 148 Å². The Labute approximate surface area is 437 Å². The van der Waals surface area contributed by atoms with Crippen molar-refractivity contribution in [1.29, 1.82) is 0 Å². The number of sulfonamides is 1. The molecule has 308 valence electrons. The Morgan fingerprint density at radius 3 is 1.92 bits per heavy atom. The monoisotopic (exact) mass is 886 g/mol. The zero-order chi connectivity index (χ0) is 40.8. The first-order valence-corrected chi connectivity index (χ1v) is 21.7. The molecule has 1 saturated heterocycles. The second-order valence-electron chi connectivity index (χ2n) is 15.8. The molecule has 0 bridgehead atoms. The number of benzene rings is 4. The summed E-state index contributed by atoms with van der Waals surface area (Å²) in [5, 5.41) is 24.5. The topological polar surface area (TPSA) is 173 Å². The number of carboxylic acid groups (broad SMARTS) is 2. The molecule has 4 aromatic rings. The molecular weight excluding hydrogens is 835 g/mol. The molecule has 60 heavy (non-hydrogen) atoms. The number of hydrogen-bond donors (Lipinski definition) is 4. The van der Waals surface area contributed by atoms with Gasteiger partial charge in [-0.1, -0.05) is 30.3 Å². The van der Waals surface area contributed by atoms with Crippen molar-refractivity contribution in [2.45, 2.75) is 81.6 Å². The van der Waals surface area contributed by atoms with Crippen molar-refractivity contribution in [3.8, 4) is 0 Å². The summed E-state index contributed by atoms with van der Waals surface area (Å²) < 4.78 is 29.9. The number of carboxylic acids is 2. The van der Waals surface area contributed by atoms with Gasteiger partial charge in [0, 0.05) is 42.6 Å².